The average molecular weight is 344 g/mol. The van der Waals surface area contributed by atoms with Crippen LogP contribution in [0.3, 0.4) is 0 Å². The van der Waals surface area contributed by atoms with Gasteiger partial charge in [0.05, 0.1) is 6.54 Å². The van der Waals surface area contributed by atoms with Gasteiger partial charge in [-0.3, -0.25) is 19.2 Å². The molecule has 0 bridgehead atoms. The number of aliphatic carboxylic acids is 1. The molecule has 0 saturated heterocycles. The molecule has 0 fully saturated rings. The summed E-state index contributed by atoms with van der Waals surface area (Å²) < 4.78 is 0. The SMILES string of the molecule is CC(=O)CNC(=O)C(CCC(=O)O)NC(=O)CC(C)C.CC(C)C. The summed E-state index contributed by atoms with van der Waals surface area (Å²) in [5, 5.41) is 13.5. The lowest BCUT2D eigenvalue weighted by Gasteiger charge is -2.18. The molecule has 0 radical (unpaired) electrons. The Morgan fingerprint density at radius 2 is 1.50 bits per heavy atom. The highest BCUT2D eigenvalue weighted by atomic mass is 16.4. The zero-order valence-electron chi connectivity index (χ0n) is 15.6. The van der Waals surface area contributed by atoms with Gasteiger partial charge in [0.1, 0.15) is 11.8 Å². The van der Waals surface area contributed by atoms with Crippen LogP contribution in [0.25, 0.3) is 0 Å². The van der Waals surface area contributed by atoms with Crippen molar-refractivity contribution < 1.29 is 24.3 Å². The molecule has 0 aliphatic rings. The number of amides is 2. The van der Waals surface area contributed by atoms with Crippen molar-refractivity contribution in [1.29, 1.82) is 0 Å². The Bertz CT molecular complexity index is 416. The van der Waals surface area contributed by atoms with E-state index in [-0.39, 0.29) is 43.4 Å². The summed E-state index contributed by atoms with van der Waals surface area (Å²) >= 11 is 0. The molecule has 0 aliphatic carbocycles. The quantitative estimate of drug-likeness (QED) is 0.590. The Balaban J connectivity index is 0. The topological polar surface area (TPSA) is 113 Å². The number of carbonyl (C=O) groups excluding carboxylic acids is 3. The molecule has 24 heavy (non-hydrogen) atoms. The summed E-state index contributed by atoms with van der Waals surface area (Å²) in [6.45, 7) is 11.4. The zero-order chi connectivity index (χ0) is 19.3. The number of ketones is 1. The summed E-state index contributed by atoms with van der Waals surface area (Å²) in [7, 11) is 0. The Morgan fingerprint density at radius 1 is 1.00 bits per heavy atom. The van der Waals surface area contributed by atoms with Crippen LogP contribution >= 0.6 is 0 Å². The molecule has 0 rings (SSSR count). The van der Waals surface area contributed by atoms with Gasteiger partial charge >= 0.3 is 5.97 Å². The second kappa shape index (κ2) is 13.5. The third-order valence-electron chi connectivity index (χ3n) is 2.40. The molecule has 7 nitrogen and oxygen atoms in total. The molecule has 3 N–H and O–H groups in total. The molecular formula is C17H32N2O5. The third kappa shape index (κ3) is 18.1. The summed E-state index contributed by atoms with van der Waals surface area (Å²) in [5.74, 6) is -1.15. The van der Waals surface area contributed by atoms with Crippen LogP contribution in [0, 0.1) is 11.8 Å². The molecule has 0 aliphatic heterocycles. The van der Waals surface area contributed by atoms with Crippen LogP contribution in [0.1, 0.15) is 60.8 Å². The molecule has 2 amide bonds. The van der Waals surface area contributed by atoms with Crippen molar-refractivity contribution >= 4 is 23.6 Å². The Labute approximate surface area is 144 Å². The van der Waals surface area contributed by atoms with Crippen molar-refractivity contribution in [1.82, 2.24) is 10.6 Å². The van der Waals surface area contributed by atoms with E-state index in [0.29, 0.717) is 0 Å². The van der Waals surface area contributed by atoms with Crippen molar-refractivity contribution in [2.24, 2.45) is 11.8 Å². The Hall–Kier alpha value is -1.92. The summed E-state index contributed by atoms with van der Waals surface area (Å²) in [6.07, 6.45) is 0.00653. The number of Topliss-reactive ketones (excluding diaryl/α,β-unsaturated/α-hetero) is 1. The van der Waals surface area contributed by atoms with E-state index in [4.69, 9.17) is 5.11 Å². The summed E-state index contributed by atoms with van der Waals surface area (Å²) in [5.41, 5.74) is 0. The number of hydrogen-bond donors (Lipinski definition) is 3. The number of hydrogen-bond acceptors (Lipinski definition) is 4. The molecule has 1 unspecified atom stereocenters. The highest BCUT2D eigenvalue weighted by molar-refractivity contribution is 5.90. The number of rotatable bonds is 9. The van der Waals surface area contributed by atoms with Crippen LogP contribution < -0.4 is 10.6 Å². The molecule has 0 saturated carbocycles. The molecule has 0 aromatic rings. The van der Waals surface area contributed by atoms with Gasteiger partial charge in [0, 0.05) is 12.8 Å². The molecule has 7 heteroatoms. The smallest absolute Gasteiger partial charge is 0.303 e. The maximum absolute atomic E-state index is 11.8. The van der Waals surface area contributed by atoms with E-state index < -0.39 is 17.9 Å². The number of nitrogens with one attached hydrogen (secondary N) is 2. The fourth-order valence-electron chi connectivity index (χ4n) is 1.50. The van der Waals surface area contributed by atoms with Gasteiger partial charge < -0.3 is 15.7 Å². The molecule has 0 aromatic carbocycles. The maximum Gasteiger partial charge on any atom is 0.303 e. The van der Waals surface area contributed by atoms with Crippen LogP contribution in [0.5, 0.6) is 0 Å². The van der Waals surface area contributed by atoms with Crippen LogP contribution in [0.4, 0.5) is 0 Å². The van der Waals surface area contributed by atoms with Gasteiger partial charge in [-0.25, -0.2) is 0 Å². The third-order valence-corrected chi connectivity index (χ3v) is 2.40. The molecular weight excluding hydrogens is 312 g/mol. The molecule has 0 aromatic heterocycles. The first-order chi connectivity index (χ1) is 11.0. The van der Waals surface area contributed by atoms with Crippen LogP contribution in [0.2, 0.25) is 0 Å². The summed E-state index contributed by atoms with van der Waals surface area (Å²) in [6, 6.07) is -0.934. The Kier molecular flexibility index (Phi) is 13.7. The zero-order valence-corrected chi connectivity index (χ0v) is 15.6. The second-order valence-corrected chi connectivity index (χ2v) is 6.80. The van der Waals surface area contributed by atoms with Crippen molar-refractivity contribution in [2.45, 2.75) is 66.8 Å². The van der Waals surface area contributed by atoms with Crippen molar-refractivity contribution in [3.63, 3.8) is 0 Å². The number of carbonyl (C=O) groups is 4. The normalized spacial score (nSPS) is 11.3. The summed E-state index contributed by atoms with van der Waals surface area (Å²) in [4.78, 5) is 44.8. The minimum Gasteiger partial charge on any atom is -0.481 e. The molecule has 140 valence electrons. The first kappa shape index (κ1) is 24.3. The Morgan fingerprint density at radius 3 is 1.88 bits per heavy atom. The highest BCUT2D eigenvalue weighted by Gasteiger charge is 2.22. The van der Waals surface area contributed by atoms with E-state index in [9.17, 15) is 19.2 Å². The van der Waals surface area contributed by atoms with Gasteiger partial charge in [-0.1, -0.05) is 34.6 Å². The predicted molar refractivity (Wildman–Crippen MR) is 92.5 cm³/mol. The average Bonchev–Trinajstić information content (AvgIpc) is 2.38. The minimum atomic E-state index is -1.05. The van der Waals surface area contributed by atoms with Gasteiger partial charge in [-0.15, -0.1) is 0 Å². The van der Waals surface area contributed by atoms with Crippen molar-refractivity contribution in [3.05, 3.63) is 0 Å². The van der Waals surface area contributed by atoms with Crippen molar-refractivity contribution in [2.75, 3.05) is 6.54 Å². The molecule has 1 atom stereocenters. The number of carboxylic acid groups (broad SMARTS) is 1. The van der Waals surface area contributed by atoms with E-state index >= 15 is 0 Å². The first-order valence-electron chi connectivity index (χ1n) is 8.23. The van der Waals surface area contributed by atoms with E-state index in [0.717, 1.165) is 5.92 Å². The first-order valence-corrected chi connectivity index (χ1v) is 8.23. The molecule has 0 spiro atoms. The van der Waals surface area contributed by atoms with Crippen molar-refractivity contribution in [3.8, 4) is 0 Å². The maximum atomic E-state index is 11.8. The monoisotopic (exact) mass is 344 g/mol. The lowest BCUT2D eigenvalue weighted by atomic mass is 10.1. The van der Waals surface area contributed by atoms with Gasteiger partial charge in [0.25, 0.3) is 0 Å². The van der Waals surface area contributed by atoms with E-state index in [1.165, 1.54) is 6.92 Å². The van der Waals surface area contributed by atoms with Gasteiger partial charge in [-0.05, 0) is 25.2 Å². The lowest BCUT2D eigenvalue weighted by Crippen LogP contribution is -2.48. The largest absolute Gasteiger partial charge is 0.481 e. The van der Waals surface area contributed by atoms with Crippen LogP contribution in [-0.4, -0.2) is 41.3 Å². The second-order valence-electron chi connectivity index (χ2n) is 6.80. The lowest BCUT2D eigenvalue weighted by molar-refractivity contribution is -0.138. The molecule has 0 heterocycles. The van der Waals surface area contributed by atoms with E-state index in [1.54, 1.807) is 0 Å². The fraction of sp³-hybridized carbons (Fsp3) is 0.765. The number of carboxylic acids is 1. The van der Waals surface area contributed by atoms with E-state index in [1.807, 2.05) is 13.8 Å². The fourth-order valence-corrected chi connectivity index (χ4v) is 1.50. The minimum absolute atomic E-state index is 0.0110. The van der Waals surface area contributed by atoms with Crippen LogP contribution in [0.15, 0.2) is 0 Å². The van der Waals surface area contributed by atoms with Gasteiger partial charge in [0.15, 0.2) is 0 Å². The van der Waals surface area contributed by atoms with Gasteiger partial charge in [0.2, 0.25) is 11.8 Å². The standard InChI is InChI=1S/C13H22N2O5.C4H10/c1-8(2)6-11(17)15-10(4-5-12(18)19)13(20)14-7-9(3)16;1-4(2)3/h8,10H,4-7H2,1-3H3,(H,14,20)(H,15,17)(H,18,19);4H,1-3H3. The van der Waals surface area contributed by atoms with Gasteiger partial charge in [-0.2, -0.15) is 0 Å². The van der Waals surface area contributed by atoms with E-state index in [2.05, 4.69) is 31.4 Å². The van der Waals surface area contributed by atoms with Crippen LogP contribution in [-0.2, 0) is 19.2 Å². The predicted octanol–water partition coefficient (Wildman–Crippen LogP) is 1.75. The highest BCUT2D eigenvalue weighted by Crippen LogP contribution is 2.03.